The lowest BCUT2D eigenvalue weighted by Gasteiger charge is -2.25. The van der Waals surface area contributed by atoms with Gasteiger partial charge in [-0.3, -0.25) is 4.79 Å². The fourth-order valence-electron chi connectivity index (χ4n) is 2.72. The minimum absolute atomic E-state index is 0.0185. The van der Waals surface area contributed by atoms with E-state index in [2.05, 4.69) is 18.7 Å². The minimum atomic E-state index is -0.746. The van der Waals surface area contributed by atoms with Crippen molar-refractivity contribution in [3.63, 3.8) is 0 Å². The zero-order valence-corrected chi connectivity index (χ0v) is 11.9. The summed E-state index contributed by atoms with van der Waals surface area (Å²) < 4.78 is 5.26. The van der Waals surface area contributed by atoms with Crippen molar-refractivity contribution >= 4 is 11.7 Å². The number of carboxylic acids is 1. The molecule has 2 atom stereocenters. The van der Waals surface area contributed by atoms with Crippen molar-refractivity contribution in [2.45, 2.75) is 32.7 Å². The van der Waals surface area contributed by atoms with Crippen LogP contribution in [0.5, 0.6) is 5.75 Å². The zero-order chi connectivity index (χ0) is 14.2. The number of fused-ring (bicyclic) bond motifs is 1. The summed E-state index contributed by atoms with van der Waals surface area (Å²) in [5.74, 6) is -0.337. The highest BCUT2D eigenvalue weighted by Crippen LogP contribution is 2.43. The van der Waals surface area contributed by atoms with Crippen molar-refractivity contribution in [2.75, 3.05) is 18.6 Å². The van der Waals surface area contributed by atoms with Crippen LogP contribution in [0.15, 0.2) is 18.2 Å². The smallest absolute Gasteiger partial charge is 0.306 e. The van der Waals surface area contributed by atoms with Gasteiger partial charge < -0.3 is 14.7 Å². The Kier molecular flexibility index (Phi) is 3.69. The highest BCUT2D eigenvalue weighted by Gasteiger charge is 2.36. The molecule has 0 saturated carbocycles. The first-order chi connectivity index (χ1) is 8.95. The monoisotopic (exact) mass is 263 g/mol. The van der Waals surface area contributed by atoms with Crippen molar-refractivity contribution in [1.29, 1.82) is 0 Å². The van der Waals surface area contributed by atoms with Crippen LogP contribution in [0.4, 0.5) is 5.69 Å². The maximum absolute atomic E-state index is 11.3. The third-order valence-corrected chi connectivity index (χ3v) is 3.95. The molecule has 2 unspecified atom stereocenters. The molecule has 4 heteroatoms. The van der Waals surface area contributed by atoms with Crippen LogP contribution in [0.25, 0.3) is 0 Å². The summed E-state index contributed by atoms with van der Waals surface area (Å²) in [6.45, 7) is 6.79. The largest absolute Gasteiger partial charge is 0.497 e. The van der Waals surface area contributed by atoms with E-state index < -0.39 is 11.9 Å². The predicted molar refractivity (Wildman–Crippen MR) is 75.0 cm³/mol. The van der Waals surface area contributed by atoms with Crippen LogP contribution in [0, 0.1) is 5.92 Å². The Bertz CT molecular complexity index is 484. The van der Waals surface area contributed by atoms with Crippen LogP contribution in [0.3, 0.4) is 0 Å². The molecular formula is C15H21NO3. The highest BCUT2D eigenvalue weighted by molar-refractivity contribution is 5.74. The van der Waals surface area contributed by atoms with Crippen molar-refractivity contribution in [2.24, 2.45) is 5.92 Å². The van der Waals surface area contributed by atoms with Gasteiger partial charge in [0.2, 0.25) is 0 Å². The first-order valence-electron chi connectivity index (χ1n) is 6.63. The average molecular weight is 263 g/mol. The molecule has 1 heterocycles. The van der Waals surface area contributed by atoms with E-state index >= 15 is 0 Å². The molecule has 1 aromatic rings. The second-order valence-corrected chi connectivity index (χ2v) is 5.40. The molecule has 1 N–H and O–H groups in total. The molecule has 2 rings (SSSR count). The Morgan fingerprint density at radius 1 is 1.42 bits per heavy atom. The quantitative estimate of drug-likeness (QED) is 0.907. The Balaban J connectivity index is 2.44. The van der Waals surface area contributed by atoms with E-state index in [1.165, 1.54) is 0 Å². The molecule has 0 aromatic heterocycles. The number of rotatable bonds is 4. The Morgan fingerprint density at radius 2 is 2.11 bits per heavy atom. The summed E-state index contributed by atoms with van der Waals surface area (Å²) in [6.07, 6.45) is 0. The number of aliphatic carboxylic acids is 1. The normalized spacial score (nSPS) is 19.4. The summed E-state index contributed by atoms with van der Waals surface area (Å²) >= 11 is 0. The molecule has 0 radical (unpaired) electrons. The number of benzene rings is 1. The fraction of sp³-hybridized carbons (Fsp3) is 0.533. The van der Waals surface area contributed by atoms with Gasteiger partial charge in [-0.1, -0.05) is 6.92 Å². The first kappa shape index (κ1) is 13.7. The number of methoxy groups -OCH3 is 1. The first-order valence-corrected chi connectivity index (χ1v) is 6.63. The molecule has 0 saturated heterocycles. The molecule has 0 fully saturated rings. The lowest BCUT2D eigenvalue weighted by Crippen LogP contribution is -2.31. The standard InChI is InChI=1S/C15H21NO3/c1-9(2)16-8-13(10(3)15(17)18)12-7-11(19-4)5-6-14(12)16/h5-7,9-10,13H,8H2,1-4H3,(H,17,18). The summed E-state index contributed by atoms with van der Waals surface area (Å²) in [4.78, 5) is 13.5. The van der Waals surface area contributed by atoms with Gasteiger partial charge in [0, 0.05) is 24.2 Å². The van der Waals surface area contributed by atoms with E-state index in [1.807, 2.05) is 18.2 Å². The molecule has 0 amide bonds. The number of hydrogen-bond donors (Lipinski definition) is 1. The molecule has 104 valence electrons. The van der Waals surface area contributed by atoms with Gasteiger partial charge >= 0.3 is 5.97 Å². The number of hydrogen-bond acceptors (Lipinski definition) is 3. The van der Waals surface area contributed by atoms with E-state index in [0.29, 0.717) is 6.04 Å². The van der Waals surface area contributed by atoms with Crippen LogP contribution in [0.2, 0.25) is 0 Å². The average Bonchev–Trinajstić information content (AvgIpc) is 2.76. The molecule has 0 bridgehead atoms. The number of ether oxygens (including phenoxy) is 1. The van der Waals surface area contributed by atoms with E-state index in [4.69, 9.17) is 4.74 Å². The Morgan fingerprint density at radius 3 is 2.63 bits per heavy atom. The maximum Gasteiger partial charge on any atom is 0.306 e. The molecule has 1 aromatic carbocycles. The second-order valence-electron chi connectivity index (χ2n) is 5.40. The fourth-order valence-corrected chi connectivity index (χ4v) is 2.72. The Labute approximate surface area is 114 Å². The van der Waals surface area contributed by atoms with Gasteiger partial charge in [0.25, 0.3) is 0 Å². The van der Waals surface area contributed by atoms with Crippen molar-refractivity contribution in [1.82, 2.24) is 0 Å². The zero-order valence-electron chi connectivity index (χ0n) is 11.9. The molecule has 1 aliphatic rings. The van der Waals surface area contributed by atoms with Gasteiger partial charge in [-0.15, -0.1) is 0 Å². The molecule has 1 aliphatic heterocycles. The van der Waals surface area contributed by atoms with Gasteiger partial charge in [-0.25, -0.2) is 0 Å². The number of carbonyl (C=O) groups is 1. The van der Waals surface area contributed by atoms with E-state index in [0.717, 1.165) is 23.5 Å². The summed E-state index contributed by atoms with van der Waals surface area (Å²) in [5.41, 5.74) is 2.22. The van der Waals surface area contributed by atoms with Crippen LogP contribution < -0.4 is 9.64 Å². The number of anilines is 1. The third kappa shape index (κ3) is 2.39. The third-order valence-electron chi connectivity index (χ3n) is 3.95. The van der Waals surface area contributed by atoms with Crippen molar-refractivity contribution in [3.8, 4) is 5.75 Å². The van der Waals surface area contributed by atoms with E-state index in [-0.39, 0.29) is 5.92 Å². The number of carboxylic acid groups (broad SMARTS) is 1. The molecule has 0 spiro atoms. The topological polar surface area (TPSA) is 49.8 Å². The van der Waals surface area contributed by atoms with Crippen molar-refractivity contribution < 1.29 is 14.6 Å². The molecule has 0 aliphatic carbocycles. The summed E-state index contributed by atoms with van der Waals surface area (Å²) in [6, 6.07) is 6.30. The predicted octanol–water partition coefficient (Wildman–Crippen LogP) is 2.73. The van der Waals surface area contributed by atoms with Crippen LogP contribution in [-0.2, 0) is 4.79 Å². The lowest BCUT2D eigenvalue weighted by atomic mass is 9.89. The Hall–Kier alpha value is -1.71. The lowest BCUT2D eigenvalue weighted by molar-refractivity contribution is -0.141. The van der Waals surface area contributed by atoms with Gasteiger partial charge in [-0.2, -0.15) is 0 Å². The summed E-state index contributed by atoms with van der Waals surface area (Å²) in [7, 11) is 1.63. The minimum Gasteiger partial charge on any atom is -0.497 e. The van der Waals surface area contributed by atoms with Gasteiger partial charge in [-0.05, 0) is 37.6 Å². The second kappa shape index (κ2) is 5.11. The van der Waals surface area contributed by atoms with E-state index in [9.17, 15) is 9.90 Å². The van der Waals surface area contributed by atoms with Gasteiger partial charge in [0.1, 0.15) is 5.75 Å². The molecule has 4 nitrogen and oxygen atoms in total. The molecular weight excluding hydrogens is 242 g/mol. The molecule has 19 heavy (non-hydrogen) atoms. The SMILES string of the molecule is COc1ccc2c(c1)C(C(C)C(=O)O)CN2C(C)C. The van der Waals surface area contributed by atoms with Crippen LogP contribution in [-0.4, -0.2) is 30.8 Å². The van der Waals surface area contributed by atoms with Gasteiger partial charge in [0.05, 0.1) is 13.0 Å². The number of nitrogens with zero attached hydrogens (tertiary/aromatic N) is 1. The van der Waals surface area contributed by atoms with Gasteiger partial charge in [0.15, 0.2) is 0 Å². The van der Waals surface area contributed by atoms with E-state index in [1.54, 1.807) is 14.0 Å². The van der Waals surface area contributed by atoms with Crippen LogP contribution >= 0.6 is 0 Å². The maximum atomic E-state index is 11.3. The highest BCUT2D eigenvalue weighted by atomic mass is 16.5. The van der Waals surface area contributed by atoms with Crippen molar-refractivity contribution in [3.05, 3.63) is 23.8 Å². The van der Waals surface area contributed by atoms with Crippen LogP contribution in [0.1, 0.15) is 32.3 Å². The summed E-state index contributed by atoms with van der Waals surface area (Å²) in [5, 5.41) is 9.27.